The molecular formula is C5H9N3O3. The average molecular weight is 159 g/mol. The van der Waals surface area contributed by atoms with Gasteiger partial charge in [0, 0.05) is 4.91 Å². The maximum Gasteiger partial charge on any atom is 0.337 e. The zero-order chi connectivity index (χ0) is 8.91. The van der Waals surface area contributed by atoms with Gasteiger partial charge in [0.05, 0.1) is 13.7 Å². The number of rotatable bonds is 3. The Balaban J connectivity index is 4.20. The zero-order valence-electron chi connectivity index (χ0n) is 6.31. The van der Waals surface area contributed by atoms with Crippen molar-refractivity contribution in [2.45, 2.75) is 12.5 Å². The molecule has 0 saturated heterocycles. The van der Waals surface area contributed by atoms with Crippen LogP contribution in [0.5, 0.6) is 0 Å². The molecule has 0 amide bonds. The molecule has 0 fully saturated rings. The van der Waals surface area contributed by atoms with Crippen LogP contribution in [0.3, 0.4) is 0 Å². The highest BCUT2D eigenvalue weighted by molar-refractivity contribution is 5.78. The first-order valence-corrected chi connectivity index (χ1v) is 2.86. The van der Waals surface area contributed by atoms with E-state index in [2.05, 4.69) is 14.8 Å². The summed E-state index contributed by atoms with van der Waals surface area (Å²) < 4.78 is 4.24. The quantitative estimate of drug-likeness (QED) is 0.276. The fourth-order valence-corrected chi connectivity index (χ4v) is 0.454. The number of aliphatic hydroxyl groups is 1. The summed E-state index contributed by atoms with van der Waals surface area (Å²) in [4.78, 5) is 13.1. The number of ether oxygens (including phenoxy) is 1. The Kier molecular flexibility index (Phi) is 3.36. The number of hydrogen-bond donors (Lipinski definition) is 1. The summed E-state index contributed by atoms with van der Waals surface area (Å²) >= 11 is 0. The SMILES string of the molecule is COC(=O)C(C)(O)CN=[N+]=[N-]. The van der Waals surface area contributed by atoms with Crippen molar-refractivity contribution in [2.24, 2.45) is 5.11 Å². The third-order valence-electron chi connectivity index (χ3n) is 1.07. The second-order valence-electron chi connectivity index (χ2n) is 2.15. The molecule has 0 bridgehead atoms. The molecule has 0 spiro atoms. The Morgan fingerprint density at radius 2 is 2.45 bits per heavy atom. The lowest BCUT2D eigenvalue weighted by Crippen LogP contribution is -2.39. The third kappa shape index (κ3) is 2.88. The van der Waals surface area contributed by atoms with Crippen LogP contribution in [0.15, 0.2) is 5.11 Å². The molecule has 0 aliphatic rings. The normalized spacial score (nSPS) is 14.5. The number of carbonyl (C=O) groups is 1. The summed E-state index contributed by atoms with van der Waals surface area (Å²) in [5, 5.41) is 12.2. The Labute approximate surface area is 63.4 Å². The van der Waals surface area contributed by atoms with Gasteiger partial charge in [-0.15, -0.1) is 0 Å². The van der Waals surface area contributed by atoms with Crippen molar-refractivity contribution in [1.29, 1.82) is 0 Å². The minimum atomic E-state index is -1.72. The van der Waals surface area contributed by atoms with Gasteiger partial charge in [0.2, 0.25) is 0 Å². The molecule has 0 saturated carbocycles. The fourth-order valence-electron chi connectivity index (χ4n) is 0.454. The molecule has 1 N–H and O–H groups in total. The number of carbonyl (C=O) groups excluding carboxylic acids is 1. The summed E-state index contributed by atoms with van der Waals surface area (Å²) in [5.74, 6) is -0.815. The largest absolute Gasteiger partial charge is 0.467 e. The van der Waals surface area contributed by atoms with E-state index in [0.29, 0.717) is 0 Å². The first kappa shape index (κ1) is 9.74. The monoisotopic (exact) mass is 159 g/mol. The van der Waals surface area contributed by atoms with Gasteiger partial charge in [-0.05, 0) is 12.5 Å². The van der Waals surface area contributed by atoms with E-state index in [0.717, 1.165) is 7.11 Å². The molecule has 0 aromatic rings. The van der Waals surface area contributed by atoms with Crippen molar-refractivity contribution in [1.82, 2.24) is 0 Å². The second kappa shape index (κ2) is 3.80. The van der Waals surface area contributed by atoms with Crippen LogP contribution in [-0.4, -0.2) is 30.3 Å². The van der Waals surface area contributed by atoms with Gasteiger partial charge in [-0.3, -0.25) is 0 Å². The van der Waals surface area contributed by atoms with E-state index in [1.54, 1.807) is 0 Å². The molecule has 11 heavy (non-hydrogen) atoms. The number of azide groups is 1. The summed E-state index contributed by atoms with van der Waals surface area (Å²) in [5.41, 5.74) is 6.16. The van der Waals surface area contributed by atoms with Crippen molar-refractivity contribution in [3.8, 4) is 0 Å². The van der Waals surface area contributed by atoms with Crippen molar-refractivity contribution >= 4 is 5.97 Å². The third-order valence-corrected chi connectivity index (χ3v) is 1.07. The van der Waals surface area contributed by atoms with Gasteiger partial charge in [0.25, 0.3) is 0 Å². The maximum atomic E-state index is 10.7. The molecule has 0 radical (unpaired) electrons. The van der Waals surface area contributed by atoms with E-state index in [-0.39, 0.29) is 6.54 Å². The van der Waals surface area contributed by atoms with Crippen molar-refractivity contribution in [3.63, 3.8) is 0 Å². The van der Waals surface area contributed by atoms with Crippen LogP contribution in [0, 0.1) is 0 Å². The molecule has 6 heteroatoms. The Bertz CT molecular complexity index is 195. The Hall–Kier alpha value is -1.26. The van der Waals surface area contributed by atoms with Crippen LogP contribution in [0.1, 0.15) is 6.92 Å². The summed E-state index contributed by atoms with van der Waals surface area (Å²) in [6.45, 7) is 0.893. The number of nitrogens with zero attached hydrogens (tertiary/aromatic N) is 3. The zero-order valence-corrected chi connectivity index (χ0v) is 6.31. The van der Waals surface area contributed by atoms with E-state index >= 15 is 0 Å². The van der Waals surface area contributed by atoms with Gasteiger partial charge >= 0.3 is 5.97 Å². The Morgan fingerprint density at radius 3 is 2.82 bits per heavy atom. The van der Waals surface area contributed by atoms with Gasteiger partial charge in [-0.25, -0.2) is 4.79 Å². The van der Waals surface area contributed by atoms with Gasteiger partial charge in [0.1, 0.15) is 0 Å². The molecule has 0 aromatic heterocycles. The van der Waals surface area contributed by atoms with Crippen LogP contribution in [0.2, 0.25) is 0 Å². The first-order valence-electron chi connectivity index (χ1n) is 2.86. The van der Waals surface area contributed by atoms with Gasteiger partial charge in [-0.1, -0.05) is 5.11 Å². The molecule has 0 rings (SSSR count). The number of hydrogen-bond acceptors (Lipinski definition) is 4. The standard InChI is InChI=1S/C5H9N3O3/c1-5(10,3-7-8-6)4(9)11-2/h10H,3H2,1-2H3. The molecule has 1 atom stereocenters. The molecule has 1 unspecified atom stereocenters. The van der Waals surface area contributed by atoms with Crippen LogP contribution < -0.4 is 0 Å². The molecule has 0 aliphatic heterocycles. The lowest BCUT2D eigenvalue weighted by molar-refractivity contribution is -0.159. The van der Waals surface area contributed by atoms with Gasteiger partial charge < -0.3 is 9.84 Å². The van der Waals surface area contributed by atoms with Crippen LogP contribution in [0.25, 0.3) is 10.4 Å². The number of methoxy groups -OCH3 is 1. The van der Waals surface area contributed by atoms with Crippen molar-refractivity contribution < 1.29 is 14.6 Å². The van der Waals surface area contributed by atoms with Crippen LogP contribution >= 0.6 is 0 Å². The lowest BCUT2D eigenvalue weighted by Gasteiger charge is -2.16. The second-order valence-corrected chi connectivity index (χ2v) is 2.15. The molecule has 0 aromatic carbocycles. The molecular weight excluding hydrogens is 150 g/mol. The minimum absolute atomic E-state index is 0.323. The fraction of sp³-hybridized carbons (Fsp3) is 0.800. The van der Waals surface area contributed by atoms with Crippen molar-refractivity contribution in [2.75, 3.05) is 13.7 Å². The Morgan fingerprint density at radius 1 is 1.91 bits per heavy atom. The van der Waals surface area contributed by atoms with Gasteiger partial charge in [-0.2, -0.15) is 0 Å². The van der Waals surface area contributed by atoms with E-state index in [4.69, 9.17) is 5.53 Å². The van der Waals surface area contributed by atoms with Crippen LogP contribution in [0.4, 0.5) is 0 Å². The number of esters is 1. The highest BCUT2D eigenvalue weighted by Gasteiger charge is 2.30. The highest BCUT2D eigenvalue weighted by Crippen LogP contribution is 2.05. The smallest absolute Gasteiger partial charge is 0.337 e. The van der Waals surface area contributed by atoms with E-state index in [9.17, 15) is 9.90 Å². The molecule has 6 nitrogen and oxygen atoms in total. The average Bonchev–Trinajstić information content (AvgIpc) is 1.99. The molecule has 62 valence electrons. The highest BCUT2D eigenvalue weighted by atomic mass is 16.5. The first-order chi connectivity index (χ1) is 5.04. The molecule has 0 aliphatic carbocycles. The van der Waals surface area contributed by atoms with E-state index in [1.165, 1.54) is 6.92 Å². The maximum absolute atomic E-state index is 10.7. The predicted molar refractivity (Wildman–Crippen MR) is 36.7 cm³/mol. The van der Waals surface area contributed by atoms with Crippen molar-refractivity contribution in [3.05, 3.63) is 10.4 Å². The van der Waals surface area contributed by atoms with E-state index < -0.39 is 11.6 Å². The summed E-state index contributed by atoms with van der Waals surface area (Å²) in [6, 6.07) is 0. The van der Waals surface area contributed by atoms with E-state index in [1.807, 2.05) is 0 Å². The summed E-state index contributed by atoms with van der Waals surface area (Å²) in [6.07, 6.45) is 0. The molecule has 0 heterocycles. The lowest BCUT2D eigenvalue weighted by atomic mass is 10.1. The topological polar surface area (TPSA) is 95.3 Å². The van der Waals surface area contributed by atoms with Crippen LogP contribution in [-0.2, 0) is 9.53 Å². The predicted octanol–water partition coefficient (Wildman–Crippen LogP) is 0.221. The van der Waals surface area contributed by atoms with Gasteiger partial charge in [0.15, 0.2) is 5.60 Å². The minimum Gasteiger partial charge on any atom is -0.467 e. The summed E-state index contributed by atoms with van der Waals surface area (Å²) in [7, 11) is 1.15.